The number of fused-ring (bicyclic) bond motifs is 1. The van der Waals surface area contributed by atoms with Gasteiger partial charge in [-0.1, -0.05) is 0 Å². The van der Waals surface area contributed by atoms with Crippen LogP contribution in [0.15, 0.2) is 12.4 Å². The SMILES string of the molecule is O=Cc1cnc(N2CCn3c(nnc3C(F)(F)F)C2)nc1. The van der Waals surface area contributed by atoms with E-state index < -0.39 is 12.0 Å². The third-order valence-electron chi connectivity index (χ3n) is 3.08. The number of hydrogen-bond donors (Lipinski definition) is 0. The predicted molar refractivity (Wildman–Crippen MR) is 63.5 cm³/mol. The first-order chi connectivity index (χ1) is 9.99. The molecular formula is C11H9F3N6O. The van der Waals surface area contributed by atoms with Crippen molar-refractivity contribution in [2.45, 2.75) is 19.3 Å². The third-order valence-corrected chi connectivity index (χ3v) is 3.08. The van der Waals surface area contributed by atoms with E-state index in [-0.39, 0.29) is 18.9 Å². The molecule has 0 amide bonds. The van der Waals surface area contributed by atoms with Gasteiger partial charge in [0.15, 0.2) is 12.1 Å². The molecule has 3 rings (SSSR count). The molecule has 21 heavy (non-hydrogen) atoms. The van der Waals surface area contributed by atoms with Gasteiger partial charge in [-0.15, -0.1) is 10.2 Å². The molecule has 10 heteroatoms. The monoisotopic (exact) mass is 298 g/mol. The highest BCUT2D eigenvalue weighted by molar-refractivity contribution is 5.73. The van der Waals surface area contributed by atoms with Crippen molar-refractivity contribution in [2.75, 3.05) is 11.4 Å². The van der Waals surface area contributed by atoms with Crippen LogP contribution in [0.3, 0.4) is 0 Å². The summed E-state index contributed by atoms with van der Waals surface area (Å²) in [5, 5.41) is 6.77. The van der Waals surface area contributed by atoms with Crippen LogP contribution in [0.25, 0.3) is 0 Å². The average molecular weight is 298 g/mol. The highest BCUT2D eigenvalue weighted by atomic mass is 19.4. The van der Waals surface area contributed by atoms with Crippen LogP contribution in [0.1, 0.15) is 22.0 Å². The zero-order valence-corrected chi connectivity index (χ0v) is 10.6. The Bertz CT molecular complexity index is 666. The molecule has 7 nitrogen and oxygen atoms in total. The number of aldehydes is 1. The predicted octanol–water partition coefficient (Wildman–Crippen LogP) is 0.920. The second-order valence-corrected chi connectivity index (χ2v) is 4.45. The van der Waals surface area contributed by atoms with Gasteiger partial charge in [0, 0.05) is 25.5 Å². The van der Waals surface area contributed by atoms with Crippen molar-refractivity contribution in [1.82, 2.24) is 24.7 Å². The summed E-state index contributed by atoms with van der Waals surface area (Å²) in [6.45, 7) is 0.522. The number of nitrogens with zero attached hydrogens (tertiary/aromatic N) is 6. The minimum Gasteiger partial charge on any atom is -0.331 e. The maximum Gasteiger partial charge on any atom is 0.451 e. The number of carbonyl (C=O) groups excluding carboxylic acids is 1. The molecule has 0 spiro atoms. The van der Waals surface area contributed by atoms with E-state index in [1.807, 2.05) is 0 Å². The van der Waals surface area contributed by atoms with E-state index in [4.69, 9.17) is 0 Å². The summed E-state index contributed by atoms with van der Waals surface area (Å²) in [4.78, 5) is 20.2. The van der Waals surface area contributed by atoms with Gasteiger partial charge >= 0.3 is 6.18 Å². The van der Waals surface area contributed by atoms with Gasteiger partial charge in [-0.05, 0) is 0 Å². The molecule has 2 aromatic heterocycles. The molecule has 0 saturated carbocycles. The van der Waals surface area contributed by atoms with Gasteiger partial charge in [-0.2, -0.15) is 13.2 Å². The summed E-state index contributed by atoms with van der Waals surface area (Å²) in [6.07, 6.45) is -1.19. The zero-order chi connectivity index (χ0) is 15.0. The van der Waals surface area contributed by atoms with Crippen LogP contribution in [0.5, 0.6) is 0 Å². The van der Waals surface area contributed by atoms with Gasteiger partial charge < -0.3 is 9.47 Å². The van der Waals surface area contributed by atoms with Gasteiger partial charge in [-0.3, -0.25) is 4.79 Å². The molecule has 0 radical (unpaired) electrons. The van der Waals surface area contributed by atoms with Gasteiger partial charge in [0.1, 0.15) is 0 Å². The number of aromatic nitrogens is 5. The van der Waals surface area contributed by atoms with Gasteiger partial charge in [0.25, 0.3) is 0 Å². The van der Waals surface area contributed by atoms with Gasteiger partial charge in [0.05, 0.1) is 12.1 Å². The summed E-state index contributed by atoms with van der Waals surface area (Å²) in [5.41, 5.74) is 0.332. The number of halogens is 3. The van der Waals surface area contributed by atoms with Crippen molar-refractivity contribution in [3.8, 4) is 0 Å². The Hall–Kier alpha value is -2.52. The largest absolute Gasteiger partial charge is 0.451 e. The smallest absolute Gasteiger partial charge is 0.331 e. The van der Waals surface area contributed by atoms with Crippen LogP contribution in [0.2, 0.25) is 0 Å². The molecule has 0 unspecified atom stereocenters. The van der Waals surface area contributed by atoms with Gasteiger partial charge in [-0.25, -0.2) is 9.97 Å². The normalized spacial score (nSPS) is 14.9. The minimum atomic E-state index is -4.52. The summed E-state index contributed by atoms with van der Waals surface area (Å²) in [7, 11) is 0. The van der Waals surface area contributed by atoms with Crippen molar-refractivity contribution >= 4 is 12.2 Å². The third kappa shape index (κ3) is 2.43. The van der Waals surface area contributed by atoms with Crippen LogP contribution in [-0.4, -0.2) is 37.6 Å². The van der Waals surface area contributed by atoms with Crippen molar-refractivity contribution < 1.29 is 18.0 Å². The maximum absolute atomic E-state index is 12.7. The lowest BCUT2D eigenvalue weighted by Gasteiger charge is -2.27. The lowest BCUT2D eigenvalue weighted by Crippen LogP contribution is -2.36. The van der Waals surface area contributed by atoms with Crippen molar-refractivity contribution in [3.63, 3.8) is 0 Å². The van der Waals surface area contributed by atoms with E-state index in [1.54, 1.807) is 4.90 Å². The molecular weight excluding hydrogens is 289 g/mol. The first kappa shape index (κ1) is 13.5. The number of alkyl halides is 3. The first-order valence-electron chi connectivity index (χ1n) is 6.00. The standard InChI is InChI=1S/C11H9F3N6O/c12-11(13,14)9-18-17-8-5-19(1-2-20(8)9)10-15-3-7(6-21)4-16-10/h3-4,6H,1-2,5H2. The van der Waals surface area contributed by atoms with Crippen LogP contribution in [0.4, 0.5) is 19.1 Å². The molecule has 1 aliphatic heterocycles. The highest BCUT2D eigenvalue weighted by Gasteiger charge is 2.39. The van der Waals surface area contributed by atoms with Crippen molar-refractivity contribution in [3.05, 3.63) is 29.6 Å². The minimum absolute atomic E-state index is 0.0932. The fourth-order valence-electron chi connectivity index (χ4n) is 2.09. The van der Waals surface area contributed by atoms with E-state index in [0.717, 1.165) is 4.57 Å². The average Bonchev–Trinajstić information content (AvgIpc) is 2.90. The summed E-state index contributed by atoms with van der Waals surface area (Å²) < 4.78 is 39.2. The number of anilines is 1. The fourth-order valence-corrected chi connectivity index (χ4v) is 2.09. The zero-order valence-electron chi connectivity index (χ0n) is 10.6. The molecule has 1 aliphatic rings. The van der Waals surface area contributed by atoms with Gasteiger partial charge in [0.2, 0.25) is 11.8 Å². The molecule has 0 bridgehead atoms. The lowest BCUT2D eigenvalue weighted by molar-refractivity contribution is -0.147. The molecule has 0 atom stereocenters. The van der Waals surface area contributed by atoms with Crippen molar-refractivity contribution in [1.29, 1.82) is 0 Å². The van der Waals surface area contributed by atoms with Crippen LogP contribution < -0.4 is 4.90 Å². The Labute approximate surface area is 116 Å². The number of hydrogen-bond acceptors (Lipinski definition) is 6. The van der Waals surface area contributed by atoms with E-state index >= 15 is 0 Å². The van der Waals surface area contributed by atoms with Crippen LogP contribution in [-0.2, 0) is 19.3 Å². The molecule has 2 aromatic rings. The summed E-state index contributed by atoms with van der Waals surface area (Å²) in [6, 6.07) is 0. The molecule has 0 aliphatic carbocycles. The second kappa shape index (κ2) is 4.79. The Morgan fingerprint density at radius 1 is 1.14 bits per heavy atom. The Morgan fingerprint density at radius 2 is 1.86 bits per heavy atom. The van der Waals surface area contributed by atoms with Crippen LogP contribution in [0, 0.1) is 0 Å². The van der Waals surface area contributed by atoms with Crippen molar-refractivity contribution in [2.24, 2.45) is 0 Å². The Morgan fingerprint density at radius 3 is 2.48 bits per heavy atom. The van der Waals surface area contributed by atoms with E-state index in [1.165, 1.54) is 12.4 Å². The highest BCUT2D eigenvalue weighted by Crippen LogP contribution is 2.29. The molecule has 0 saturated heterocycles. The quantitative estimate of drug-likeness (QED) is 0.767. The van der Waals surface area contributed by atoms with E-state index in [2.05, 4.69) is 20.2 Å². The lowest BCUT2D eigenvalue weighted by atomic mass is 10.3. The van der Waals surface area contributed by atoms with E-state index in [0.29, 0.717) is 24.3 Å². The molecule has 3 heterocycles. The summed E-state index contributed by atoms with van der Waals surface area (Å²) in [5.74, 6) is -0.450. The topological polar surface area (TPSA) is 76.8 Å². The first-order valence-corrected chi connectivity index (χ1v) is 6.00. The fraction of sp³-hybridized carbons (Fsp3) is 0.364. The Kier molecular flexibility index (Phi) is 3.07. The Balaban J connectivity index is 1.84. The molecule has 0 aromatic carbocycles. The van der Waals surface area contributed by atoms with E-state index in [9.17, 15) is 18.0 Å². The summed E-state index contributed by atoms with van der Waals surface area (Å²) >= 11 is 0. The van der Waals surface area contributed by atoms with Crippen LogP contribution >= 0.6 is 0 Å². The number of carbonyl (C=O) groups is 1. The maximum atomic E-state index is 12.7. The molecule has 0 N–H and O–H groups in total. The molecule has 0 fully saturated rings. The molecule has 110 valence electrons. The second-order valence-electron chi connectivity index (χ2n) is 4.45. The number of rotatable bonds is 2.